The zero-order chi connectivity index (χ0) is 21.8. The SMILES string of the molecule is Cc1cc(C(C)N[C@H](N)C(=O)O)cc(C)c1Cc1ccc(O)c(C2CCCCC2)n1. The highest BCUT2D eigenvalue weighted by molar-refractivity contribution is 5.72. The minimum absolute atomic E-state index is 0.174. The van der Waals surface area contributed by atoms with Crippen molar-refractivity contribution in [3.63, 3.8) is 0 Å². The number of pyridine rings is 1. The monoisotopic (exact) mass is 411 g/mol. The van der Waals surface area contributed by atoms with Gasteiger partial charge in [-0.15, -0.1) is 0 Å². The lowest BCUT2D eigenvalue weighted by molar-refractivity contribution is -0.139. The largest absolute Gasteiger partial charge is 0.506 e. The molecule has 1 fully saturated rings. The summed E-state index contributed by atoms with van der Waals surface area (Å²) in [7, 11) is 0. The molecule has 0 saturated heterocycles. The van der Waals surface area contributed by atoms with E-state index < -0.39 is 12.1 Å². The molecular weight excluding hydrogens is 378 g/mol. The number of nitrogens with zero attached hydrogens (tertiary/aromatic N) is 1. The highest BCUT2D eigenvalue weighted by Crippen LogP contribution is 2.36. The summed E-state index contributed by atoms with van der Waals surface area (Å²) in [6.07, 6.45) is 5.47. The summed E-state index contributed by atoms with van der Waals surface area (Å²) >= 11 is 0. The van der Waals surface area contributed by atoms with Gasteiger partial charge in [-0.3, -0.25) is 10.3 Å². The Bertz CT molecular complexity index is 884. The van der Waals surface area contributed by atoms with Crippen molar-refractivity contribution in [2.45, 2.75) is 77.4 Å². The lowest BCUT2D eigenvalue weighted by Gasteiger charge is -2.23. The maximum Gasteiger partial charge on any atom is 0.335 e. The molecule has 0 radical (unpaired) electrons. The number of hydrogen-bond donors (Lipinski definition) is 4. The molecule has 1 heterocycles. The highest BCUT2D eigenvalue weighted by Gasteiger charge is 2.21. The molecule has 162 valence electrons. The van der Waals surface area contributed by atoms with Crippen molar-refractivity contribution in [1.29, 1.82) is 0 Å². The molecule has 1 unspecified atom stereocenters. The van der Waals surface area contributed by atoms with Crippen LogP contribution in [0.4, 0.5) is 0 Å². The van der Waals surface area contributed by atoms with Gasteiger partial charge >= 0.3 is 5.97 Å². The molecule has 0 amide bonds. The van der Waals surface area contributed by atoms with Gasteiger partial charge in [0.05, 0.1) is 5.69 Å². The molecule has 3 rings (SSSR count). The molecule has 1 aliphatic rings. The van der Waals surface area contributed by atoms with Gasteiger partial charge < -0.3 is 15.9 Å². The van der Waals surface area contributed by atoms with Crippen molar-refractivity contribution in [3.8, 4) is 5.75 Å². The summed E-state index contributed by atoms with van der Waals surface area (Å²) in [5, 5.41) is 22.3. The van der Waals surface area contributed by atoms with Gasteiger partial charge in [-0.05, 0) is 68.0 Å². The summed E-state index contributed by atoms with van der Waals surface area (Å²) in [5.41, 5.74) is 11.9. The number of aromatic nitrogens is 1. The van der Waals surface area contributed by atoms with Crippen LogP contribution in [0, 0.1) is 13.8 Å². The number of aliphatic carboxylic acids is 1. The molecule has 2 aromatic rings. The van der Waals surface area contributed by atoms with Crippen LogP contribution in [0.5, 0.6) is 5.75 Å². The Balaban J connectivity index is 1.81. The number of nitrogens with two attached hydrogens (primary N) is 1. The van der Waals surface area contributed by atoms with Crippen LogP contribution < -0.4 is 11.1 Å². The fraction of sp³-hybridized carbons (Fsp3) is 0.500. The Labute approximate surface area is 178 Å². The number of benzene rings is 1. The smallest absolute Gasteiger partial charge is 0.335 e. The molecule has 1 aliphatic carbocycles. The molecule has 2 atom stereocenters. The van der Waals surface area contributed by atoms with Crippen LogP contribution in [-0.4, -0.2) is 27.3 Å². The minimum Gasteiger partial charge on any atom is -0.506 e. The van der Waals surface area contributed by atoms with Crippen LogP contribution in [0.1, 0.15) is 84.6 Å². The molecule has 5 N–H and O–H groups in total. The predicted octanol–water partition coefficient (Wildman–Crippen LogP) is 4.06. The third kappa shape index (κ3) is 5.18. The topological polar surface area (TPSA) is 108 Å². The third-order valence-corrected chi connectivity index (χ3v) is 6.22. The Morgan fingerprint density at radius 3 is 2.43 bits per heavy atom. The maximum absolute atomic E-state index is 11.0. The van der Waals surface area contributed by atoms with Crippen molar-refractivity contribution in [3.05, 3.63) is 57.9 Å². The zero-order valence-corrected chi connectivity index (χ0v) is 18.1. The molecule has 1 aromatic heterocycles. The highest BCUT2D eigenvalue weighted by atomic mass is 16.4. The average Bonchev–Trinajstić information content (AvgIpc) is 2.72. The number of carbonyl (C=O) groups is 1. The van der Waals surface area contributed by atoms with E-state index in [1.807, 2.05) is 13.0 Å². The van der Waals surface area contributed by atoms with E-state index in [2.05, 4.69) is 31.3 Å². The summed E-state index contributed by atoms with van der Waals surface area (Å²) in [6.45, 7) is 6.05. The Hall–Kier alpha value is -2.44. The van der Waals surface area contributed by atoms with Crippen molar-refractivity contribution in [1.82, 2.24) is 10.3 Å². The minimum atomic E-state index is -1.10. The average molecular weight is 412 g/mol. The van der Waals surface area contributed by atoms with E-state index in [-0.39, 0.29) is 6.04 Å². The number of carboxylic acids is 1. The molecule has 6 nitrogen and oxygen atoms in total. The Morgan fingerprint density at radius 1 is 1.20 bits per heavy atom. The van der Waals surface area contributed by atoms with E-state index in [0.29, 0.717) is 18.1 Å². The Kier molecular flexibility index (Phi) is 7.10. The van der Waals surface area contributed by atoms with E-state index in [0.717, 1.165) is 40.9 Å². The standard InChI is InChI=1S/C24H33N3O3/c1-14-11-18(16(3)26-23(25)24(29)30)12-15(2)20(14)13-19-9-10-21(28)22(27-19)17-7-5-4-6-8-17/h9-12,16-17,23,26,28H,4-8,13,25H2,1-3H3,(H,29,30)/t16?,23-/m0/s1. The van der Waals surface area contributed by atoms with Gasteiger partial charge in [-0.2, -0.15) is 0 Å². The molecule has 0 spiro atoms. The van der Waals surface area contributed by atoms with Gasteiger partial charge in [0.1, 0.15) is 5.75 Å². The Morgan fingerprint density at radius 2 is 1.83 bits per heavy atom. The number of aryl methyl sites for hydroxylation is 2. The second kappa shape index (κ2) is 9.58. The van der Waals surface area contributed by atoms with Crippen LogP contribution in [-0.2, 0) is 11.2 Å². The fourth-order valence-corrected chi connectivity index (χ4v) is 4.46. The molecule has 1 saturated carbocycles. The number of nitrogens with one attached hydrogen (secondary N) is 1. The van der Waals surface area contributed by atoms with E-state index >= 15 is 0 Å². The quantitative estimate of drug-likeness (QED) is 0.512. The molecular formula is C24H33N3O3. The van der Waals surface area contributed by atoms with Crippen molar-refractivity contribution >= 4 is 5.97 Å². The van der Waals surface area contributed by atoms with Crippen molar-refractivity contribution in [2.24, 2.45) is 5.73 Å². The summed E-state index contributed by atoms with van der Waals surface area (Å²) in [6, 6.07) is 7.68. The van der Waals surface area contributed by atoms with Crippen LogP contribution in [0.15, 0.2) is 24.3 Å². The lowest BCUT2D eigenvalue weighted by Crippen LogP contribution is -2.45. The maximum atomic E-state index is 11.0. The first-order chi connectivity index (χ1) is 14.3. The van der Waals surface area contributed by atoms with Crippen molar-refractivity contribution in [2.75, 3.05) is 0 Å². The number of aromatic hydroxyl groups is 1. The fourth-order valence-electron chi connectivity index (χ4n) is 4.46. The second-order valence-electron chi connectivity index (χ2n) is 8.56. The van der Waals surface area contributed by atoms with Gasteiger partial charge in [0.25, 0.3) is 0 Å². The van der Waals surface area contributed by atoms with Gasteiger partial charge in [0.2, 0.25) is 0 Å². The molecule has 0 bridgehead atoms. The molecule has 1 aromatic carbocycles. The summed E-state index contributed by atoms with van der Waals surface area (Å²) in [5.74, 6) is -0.406. The first kappa shape index (κ1) is 22.2. The van der Waals surface area contributed by atoms with Crippen LogP contribution >= 0.6 is 0 Å². The summed E-state index contributed by atoms with van der Waals surface area (Å²) < 4.78 is 0. The van der Waals surface area contributed by atoms with Crippen molar-refractivity contribution < 1.29 is 15.0 Å². The summed E-state index contributed by atoms with van der Waals surface area (Å²) in [4.78, 5) is 15.9. The molecule has 6 heteroatoms. The molecule has 30 heavy (non-hydrogen) atoms. The first-order valence-corrected chi connectivity index (χ1v) is 10.8. The number of carboxylic acid groups (broad SMARTS) is 1. The van der Waals surface area contributed by atoms with Crippen LogP contribution in [0.25, 0.3) is 0 Å². The van der Waals surface area contributed by atoms with E-state index in [1.54, 1.807) is 6.07 Å². The lowest BCUT2D eigenvalue weighted by atomic mass is 9.86. The molecule has 0 aliphatic heterocycles. The van der Waals surface area contributed by atoms with Gasteiger partial charge in [-0.25, -0.2) is 4.79 Å². The van der Waals surface area contributed by atoms with Gasteiger partial charge in [-0.1, -0.05) is 31.4 Å². The van der Waals surface area contributed by atoms with Crippen LogP contribution in [0.3, 0.4) is 0 Å². The van der Waals surface area contributed by atoms with E-state index in [1.165, 1.54) is 24.8 Å². The second-order valence-corrected chi connectivity index (χ2v) is 8.56. The zero-order valence-electron chi connectivity index (χ0n) is 18.1. The van der Waals surface area contributed by atoms with Crippen LogP contribution in [0.2, 0.25) is 0 Å². The van der Waals surface area contributed by atoms with Gasteiger partial charge in [0.15, 0.2) is 6.17 Å². The first-order valence-electron chi connectivity index (χ1n) is 10.8. The third-order valence-electron chi connectivity index (χ3n) is 6.22. The van der Waals surface area contributed by atoms with E-state index in [9.17, 15) is 9.90 Å². The number of hydrogen-bond acceptors (Lipinski definition) is 5. The normalized spacial score (nSPS) is 16.9. The number of rotatable bonds is 7. The van der Waals surface area contributed by atoms with Gasteiger partial charge in [0, 0.05) is 24.1 Å². The predicted molar refractivity (Wildman–Crippen MR) is 118 cm³/mol. The van der Waals surface area contributed by atoms with E-state index in [4.69, 9.17) is 15.8 Å².